The fourth-order valence-corrected chi connectivity index (χ4v) is 5.88. The summed E-state index contributed by atoms with van der Waals surface area (Å²) in [5.41, 5.74) is -1.33. The van der Waals surface area contributed by atoms with Crippen molar-refractivity contribution in [1.82, 2.24) is 20.3 Å². The Labute approximate surface area is 247 Å². The van der Waals surface area contributed by atoms with Crippen LogP contribution in [0.5, 0.6) is 11.6 Å². The predicted molar refractivity (Wildman–Crippen MR) is 149 cm³/mol. The van der Waals surface area contributed by atoms with Crippen LogP contribution in [0.2, 0.25) is 5.02 Å². The summed E-state index contributed by atoms with van der Waals surface area (Å²) in [7, 11) is -4.65. The molecule has 5 rings (SSSR count). The summed E-state index contributed by atoms with van der Waals surface area (Å²) < 4.78 is 105. The van der Waals surface area contributed by atoms with Gasteiger partial charge in [0.15, 0.2) is 17.4 Å². The molecule has 43 heavy (non-hydrogen) atoms. The number of rotatable bonds is 9. The number of hydrogen-bond acceptors (Lipinski definition) is 8. The first kappa shape index (κ1) is 30.4. The molecule has 0 unspecified atom stereocenters. The third-order valence-electron chi connectivity index (χ3n) is 6.32. The normalized spacial score (nSPS) is 17.0. The molecule has 0 spiro atoms. The maximum Gasteiger partial charge on any atom is 0.237 e. The zero-order chi connectivity index (χ0) is 30.7. The average Bonchev–Trinajstić information content (AvgIpc) is 2.96. The van der Waals surface area contributed by atoms with E-state index in [2.05, 4.69) is 25.6 Å². The highest BCUT2D eigenvalue weighted by atomic mass is 35.5. The van der Waals surface area contributed by atoms with Gasteiger partial charge in [-0.05, 0) is 30.3 Å². The van der Waals surface area contributed by atoms with Gasteiger partial charge in [0, 0.05) is 54.6 Å². The average molecular weight is 641 g/mol. The molecule has 226 valence electrons. The Morgan fingerprint density at radius 3 is 2.58 bits per heavy atom. The summed E-state index contributed by atoms with van der Waals surface area (Å²) in [6, 6.07) is 8.13. The first-order chi connectivity index (χ1) is 20.5. The SMILES string of the molecule is O=S(=O)(Cc1c(F)cccc1Cl)Nc1c(F)cc(Oc2ncccc2-c2ccnc(N[C@@H]3CNC[C@@H](F)C3)n2)c(F)c1F. The van der Waals surface area contributed by atoms with Gasteiger partial charge in [0.05, 0.1) is 17.0 Å². The molecule has 1 saturated heterocycles. The topological polar surface area (TPSA) is 118 Å². The van der Waals surface area contributed by atoms with Crippen LogP contribution in [0, 0.1) is 23.3 Å². The van der Waals surface area contributed by atoms with E-state index in [0.717, 1.165) is 6.07 Å². The van der Waals surface area contributed by atoms with Crippen LogP contribution in [0.1, 0.15) is 12.0 Å². The number of sulfonamides is 1. The zero-order valence-electron chi connectivity index (χ0n) is 21.9. The van der Waals surface area contributed by atoms with Crippen molar-refractivity contribution in [3.63, 3.8) is 0 Å². The number of anilines is 2. The summed E-state index contributed by atoms with van der Waals surface area (Å²) in [6.45, 7) is 0.747. The Balaban J connectivity index is 1.38. The Kier molecular flexibility index (Phi) is 8.94. The Bertz CT molecular complexity index is 1750. The molecule has 1 aliphatic rings. The number of piperidine rings is 1. The number of hydrogen-bond donors (Lipinski definition) is 3. The largest absolute Gasteiger partial charge is 0.435 e. The number of halogens is 6. The molecule has 2 atom stereocenters. The van der Waals surface area contributed by atoms with E-state index >= 15 is 4.39 Å². The minimum atomic E-state index is -4.65. The van der Waals surface area contributed by atoms with Gasteiger partial charge in [0.1, 0.15) is 17.7 Å². The lowest BCUT2D eigenvalue weighted by Crippen LogP contribution is -2.44. The molecule has 0 radical (unpaired) electrons. The van der Waals surface area contributed by atoms with Gasteiger partial charge in [-0.1, -0.05) is 17.7 Å². The Morgan fingerprint density at radius 1 is 1.00 bits per heavy atom. The highest BCUT2D eigenvalue weighted by molar-refractivity contribution is 7.91. The van der Waals surface area contributed by atoms with Crippen molar-refractivity contribution in [2.75, 3.05) is 23.1 Å². The summed E-state index contributed by atoms with van der Waals surface area (Å²) >= 11 is 5.85. The van der Waals surface area contributed by atoms with Crippen LogP contribution in [0.15, 0.2) is 54.9 Å². The molecular weight excluding hydrogens is 619 g/mol. The molecule has 3 heterocycles. The third-order valence-corrected chi connectivity index (χ3v) is 7.86. The number of nitrogens with zero attached hydrogens (tertiary/aromatic N) is 3. The van der Waals surface area contributed by atoms with Gasteiger partial charge in [-0.25, -0.2) is 40.9 Å². The van der Waals surface area contributed by atoms with Crippen LogP contribution < -0.4 is 20.1 Å². The first-order valence-corrected chi connectivity index (χ1v) is 14.7. The number of aromatic nitrogens is 3. The maximum absolute atomic E-state index is 15.1. The quantitative estimate of drug-likeness (QED) is 0.160. The molecular formula is C27H22ClF5N6O3S. The van der Waals surface area contributed by atoms with Crippen LogP contribution >= 0.6 is 11.6 Å². The predicted octanol–water partition coefficient (Wildman–Crippen LogP) is 5.59. The van der Waals surface area contributed by atoms with Crippen molar-refractivity contribution in [3.8, 4) is 22.9 Å². The van der Waals surface area contributed by atoms with E-state index in [1.165, 1.54) is 42.7 Å². The van der Waals surface area contributed by atoms with Crippen LogP contribution in [0.25, 0.3) is 11.3 Å². The second-order valence-corrected chi connectivity index (χ2v) is 11.6. The smallest absolute Gasteiger partial charge is 0.237 e. The number of pyridine rings is 1. The van der Waals surface area contributed by atoms with Gasteiger partial charge in [-0.2, -0.15) is 4.39 Å². The molecule has 4 aromatic rings. The van der Waals surface area contributed by atoms with Gasteiger partial charge < -0.3 is 15.4 Å². The Morgan fingerprint density at radius 2 is 1.81 bits per heavy atom. The van der Waals surface area contributed by atoms with Crippen molar-refractivity contribution in [3.05, 3.63) is 88.7 Å². The molecule has 9 nitrogen and oxygen atoms in total. The molecule has 1 aliphatic heterocycles. The van der Waals surface area contributed by atoms with Crippen LogP contribution in [0.4, 0.5) is 33.6 Å². The summed E-state index contributed by atoms with van der Waals surface area (Å²) in [5, 5.41) is 5.76. The summed E-state index contributed by atoms with van der Waals surface area (Å²) in [4.78, 5) is 12.5. The van der Waals surface area contributed by atoms with E-state index in [9.17, 15) is 26.0 Å². The highest BCUT2D eigenvalue weighted by Crippen LogP contribution is 2.36. The monoisotopic (exact) mass is 640 g/mol. The lowest BCUT2D eigenvalue weighted by molar-refractivity contribution is 0.254. The van der Waals surface area contributed by atoms with Crippen molar-refractivity contribution in [2.45, 2.75) is 24.4 Å². The second-order valence-electron chi connectivity index (χ2n) is 9.48. The zero-order valence-corrected chi connectivity index (χ0v) is 23.5. The summed E-state index contributed by atoms with van der Waals surface area (Å²) in [5.74, 6) is -8.23. The minimum Gasteiger partial charge on any atom is -0.435 e. The van der Waals surface area contributed by atoms with E-state index in [4.69, 9.17) is 16.3 Å². The van der Waals surface area contributed by atoms with Crippen molar-refractivity contribution in [2.24, 2.45) is 0 Å². The van der Waals surface area contributed by atoms with Crippen molar-refractivity contribution < 1.29 is 35.1 Å². The van der Waals surface area contributed by atoms with E-state index < -0.39 is 62.2 Å². The lowest BCUT2D eigenvalue weighted by Gasteiger charge is -2.26. The molecule has 0 aliphatic carbocycles. The van der Waals surface area contributed by atoms with E-state index in [1.807, 2.05) is 0 Å². The van der Waals surface area contributed by atoms with E-state index in [0.29, 0.717) is 12.6 Å². The molecule has 0 bridgehead atoms. The molecule has 0 saturated carbocycles. The maximum atomic E-state index is 15.1. The van der Waals surface area contributed by atoms with E-state index in [-0.39, 0.29) is 47.1 Å². The molecule has 3 N–H and O–H groups in total. The number of alkyl halides is 1. The number of nitrogens with one attached hydrogen (secondary N) is 3. The summed E-state index contributed by atoms with van der Waals surface area (Å²) in [6.07, 6.45) is 1.92. The lowest BCUT2D eigenvalue weighted by atomic mass is 10.1. The van der Waals surface area contributed by atoms with Gasteiger partial charge in [0.2, 0.25) is 27.7 Å². The van der Waals surface area contributed by atoms with E-state index in [1.54, 1.807) is 4.72 Å². The molecule has 0 amide bonds. The number of ether oxygens (including phenoxy) is 1. The standard InChI is InChI=1S/C27H22ClF5N6O3S/c28-18-4-1-5-19(30)17(18)13-43(40,41)39-25-20(31)10-22(23(32)24(25)33)42-26-16(3-2-7-35-26)21-6-8-36-27(38-21)37-15-9-14(29)11-34-12-15/h1-8,10,14-15,34,39H,9,11-13H2,(H,36,37,38)/t14-,15-/m0/s1. The van der Waals surface area contributed by atoms with Crippen LogP contribution in [-0.4, -0.2) is 48.7 Å². The fourth-order valence-electron chi connectivity index (χ4n) is 4.32. The minimum absolute atomic E-state index is 0.171. The Hall–Kier alpha value is -4.08. The molecule has 2 aromatic carbocycles. The van der Waals surface area contributed by atoms with Crippen LogP contribution in [-0.2, 0) is 15.8 Å². The second kappa shape index (κ2) is 12.7. The van der Waals surface area contributed by atoms with Crippen molar-refractivity contribution >= 4 is 33.3 Å². The van der Waals surface area contributed by atoms with Crippen molar-refractivity contribution in [1.29, 1.82) is 0 Å². The first-order valence-electron chi connectivity index (χ1n) is 12.7. The van der Waals surface area contributed by atoms with Gasteiger partial charge in [-0.3, -0.25) is 4.72 Å². The van der Waals surface area contributed by atoms with Crippen LogP contribution in [0.3, 0.4) is 0 Å². The van der Waals surface area contributed by atoms with Gasteiger partial charge in [-0.15, -0.1) is 0 Å². The fraction of sp³-hybridized carbons (Fsp3) is 0.222. The third kappa shape index (κ3) is 7.12. The molecule has 1 fully saturated rings. The van der Waals surface area contributed by atoms with Gasteiger partial charge in [0.25, 0.3) is 0 Å². The molecule has 2 aromatic heterocycles. The van der Waals surface area contributed by atoms with Gasteiger partial charge >= 0.3 is 0 Å². The highest BCUT2D eigenvalue weighted by Gasteiger charge is 2.27. The molecule has 16 heteroatoms. The number of benzene rings is 2.